The zero-order valence-electron chi connectivity index (χ0n) is 11.0. The van der Waals surface area contributed by atoms with Gasteiger partial charge in [-0.15, -0.1) is 22.7 Å². The summed E-state index contributed by atoms with van der Waals surface area (Å²) in [4.78, 5) is 2.47. The lowest BCUT2D eigenvalue weighted by Crippen LogP contribution is -1.99. The highest BCUT2D eigenvalue weighted by Crippen LogP contribution is 2.29. The van der Waals surface area contributed by atoms with Crippen molar-refractivity contribution in [3.63, 3.8) is 0 Å². The van der Waals surface area contributed by atoms with Crippen molar-refractivity contribution in [1.29, 1.82) is 0 Å². The maximum absolute atomic E-state index is 13.7. The van der Waals surface area contributed by atoms with E-state index in [1.165, 1.54) is 15.3 Å². The maximum Gasteiger partial charge on any atom is 0.146 e. The van der Waals surface area contributed by atoms with E-state index in [4.69, 9.17) is 0 Å². The van der Waals surface area contributed by atoms with Gasteiger partial charge < -0.3 is 5.32 Å². The first kappa shape index (κ1) is 13.3. The summed E-state index contributed by atoms with van der Waals surface area (Å²) < 4.78 is 13.7. The van der Waals surface area contributed by atoms with E-state index < -0.39 is 0 Å². The van der Waals surface area contributed by atoms with Crippen LogP contribution in [0.15, 0.2) is 47.2 Å². The van der Waals surface area contributed by atoms with Gasteiger partial charge in [-0.25, -0.2) is 4.39 Å². The fraction of sp³-hybridized carbons (Fsp3) is 0.125. The van der Waals surface area contributed by atoms with Crippen molar-refractivity contribution in [3.05, 3.63) is 63.4 Å². The van der Waals surface area contributed by atoms with Crippen LogP contribution in [0.3, 0.4) is 0 Å². The number of nitrogens with one attached hydrogen (secondary N) is 1. The Kier molecular flexibility index (Phi) is 3.85. The quantitative estimate of drug-likeness (QED) is 0.667. The standard InChI is InChI=1S/C16H14FNS2/c1-11-4-5-15(14(17)7-11)18-9-13-8-12(10-20-13)16-3-2-6-19-16/h2-8,10,18H,9H2,1H3. The summed E-state index contributed by atoms with van der Waals surface area (Å²) in [5.41, 5.74) is 2.73. The third kappa shape index (κ3) is 2.92. The van der Waals surface area contributed by atoms with Gasteiger partial charge in [-0.1, -0.05) is 12.1 Å². The molecule has 2 aromatic heterocycles. The Balaban J connectivity index is 1.70. The number of rotatable bonds is 4. The minimum atomic E-state index is -0.194. The largest absolute Gasteiger partial charge is 0.378 e. The van der Waals surface area contributed by atoms with Crippen LogP contribution in [0.1, 0.15) is 10.4 Å². The molecule has 4 heteroatoms. The molecule has 1 aromatic carbocycles. The van der Waals surface area contributed by atoms with Crippen molar-refractivity contribution >= 4 is 28.4 Å². The van der Waals surface area contributed by atoms with E-state index in [-0.39, 0.29) is 5.82 Å². The average Bonchev–Trinajstić information content (AvgIpc) is 3.08. The number of aryl methyl sites for hydroxylation is 1. The molecule has 0 saturated heterocycles. The molecule has 1 nitrogen and oxygen atoms in total. The van der Waals surface area contributed by atoms with Crippen molar-refractivity contribution in [2.75, 3.05) is 5.32 Å². The highest BCUT2D eigenvalue weighted by Gasteiger charge is 2.05. The van der Waals surface area contributed by atoms with E-state index in [2.05, 4.69) is 34.3 Å². The van der Waals surface area contributed by atoms with Crippen molar-refractivity contribution < 1.29 is 4.39 Å². The van der Waals surface area contributed by atoms with E-state index in [0.717, 1.165) is 5.56 Å². The van der Waals surface area contributed by atoms with Gasteiger partial charge in [0.05, 0.1) is 5.69 Å². The second-order valence-corrected chi connectivity index (χ2v) is 6.56. The number of benzene rings is 1. The number of anilines is 1. The molecule has 0 atom stereocenters. The zero-order valence-corrected chi connectivity index (χ0v) is 12.7. The predicted octanol–water partition coefficient (Wildman–Crippen LogP) is 5.54. The molecule has 2 heterocycles. The van der Waals surface area contributed by atoms with E-state index in [0.29, 0.717) is 12.2 Å². The van der Waals surface area contributed by atoms with Crippen LogP contribution in [-0.4, -0.2) is 0 Å². The third-order valence-electron chi connectivity index (χ3n) is 3.04. The Bertz CT molecular complexity index is 701. The van der Waals surface area contributed by atoms with Gasteiger partial charge in [0.2, 0.25) is 0 Å². The van der Waals surface area contributed by atoms with Crippen LogP contribution in [0, 0.1) is 12.7 Å². The zero-order chi connectivity index (χ0) is 13.9. The van der Waals surface area contributed by atoms with Crippen LogP contribution in [0.25, 0.3) is 10.4 Å². The lowest BCUT2D eigenvalue weighted by atomic mass is 10.2. The van der Waals surface area contributed by atoms with Crippen molar-refractivity contribution in [2.45, 2.75) is 13.5 Å². The molecule has 0 bridgehead atoms. The smallest absolute Gasteiger partial charge is 0.146 e. The molecule has 3 aromatic rings. The van der Waals surface area contributed by atoms with Gasteiger partial charge in [-0.3, -0.25) is 0 Å². The van der Waals surface area contributed by atoms with Gasteiger partial charge in [0.25, 0.3) is 0 Å². The normalized spacial score (nSPS) is 10.7. The van der Waals surface area contributed by atoms with Crippen LogP contribution < -0.4 is 5.32 Å². The Hall–Kier alpha value is -1.65. The van der Waals surface area contributed by atoms with Crippen LogP contribution >= 0.6 is 22.7 Å². The first-order valence-corrected chi connectivity index (χ1v) is 8.09. The Morgan fingerprint density at radius 3 is 2.80 bits per heavy atom. The summed E-state index contributed by atoms with van der Waals surface area (Å²) in [6.45, 7) is 2.54. The van der Waals surface area contributed by atoms with Gasteiger partial charge >= 0.3 is 0 Å². The van der Waals surface area contributed by atoms with E-state index in [9.17, 15) is 4.39 Å². The van der Waals surface area contributed by atoms with Crippen molar-refractivity contribution in [2.24, 2.45) is 0 Å². The minimum absolute atomic E-state index is 0.194. The Morgan fingerprint density at radius 2 is 2.05 bits per heavy atom. The first-order chi connectivity index (χ1) is 9.72. The summed E-state index contributed by atoms with van der Waals surface area (Å²) in [5, 5.41) is 7.38. The lowest BCUT2D eigenvalue weighted by molar-refractivity contribution is 0.629. The number of halogens is 1. The molecule has 0 amide bonds. The first-order valence-electron chi connectivity index (χ1n) is 6.34. The molecule has 0 radical (unpaired) electrons. The summed E-state index contributed by atoms with van der Waals surface area (Å²) >= 11 is 3.43. The second kappa shape index (κ2) is 5.77. The molecule has 1 N–H and O–H groups in total. The van der Waals surface area contributed by atoms with Crippen LogP contribution in [0.2, 0.25) is 0 Å². The molecule has 0 unspecified atom stereocenters. The lowest BCUT2D eigenvalue weighted by Gasteiger charge is -2.06. The molecule has 3 rings (SSSR count). The Labute approximate surface area is 125 Å². The van der Waals surface area contributed by atoms with Gasteiger partial charge in [0.1, 0.15) is 5.82 Å². The number of thiophene rings is 2. The molecule has 0 aliphatic heterocycles. The van der Waals surface area contributed by atoms with Crippen LogP contribution in [0.4, 0.5) is 10.1 Å². The maximum atomic E-state index is 13.7. The highest BCUT2D eigenvalue weighted by molar-refractivity contribution is 7.14. The molecule has 0 aliphatic carbocycles. The average molecular weight is 303 g/mol. The monoisotopic (exact) mass is 303 g/mol. The Morgan fingerprint density at radius 1 is 1.15 bits per heavy atom. The summed E-state index contributed by atoms with van der Waals surface area (Å²) in [6.07, 6.45) is 0. The van der Waals surface area contributed by atoms with E-state index in [1.807, 2.05) is 13.0 Å². The topological polar surface area (TPSA) is 12.0 Å². The summed E-state index contributed by atoms with van der Waals surface area (Å²) in [5.74, 6) is -0.194. The minimum Gasteiger partial charge on any atom is -0.378 e. The second-order valence-electron chi connectivity index (χ2n) is 4.62. The molecular formula is C16H14FNS2. The molecule has 0 aliphatic rings. The fourth-order valence-corrected chi connectivity index (χ4v) is 3.60. The molecule has 0 saturated carbocycles. The van der Waals surface area contributed by atoms with Crippen molar-refractivity contribution in [3.8, 4) is 10.4 Å². The molecule has 0 spiro atoms. The third-order valence-corrected chi connectivity index (χ3v) is 4.89. The van der Waals surface area contributed by atoms with Crippen LogP contribution in [0.5, 0.6) is 0 Å². The number of hydrogen-bond acceptors (Lipinski definition) is 3. The van der Waals surface area contributed by atoms with Gasteiger partial charge in [-0.05, 0) is 47.5 Å². The van der Waals surface area contributed by atoms with Gasteiger partial charge in [-0.2, -0.15) is 0 Å². The molecule has 20 heavy (non-hydrogen) atoms. The molecular weight excluding hydrogens is 289 g/mol. The fourth-order valence-electron chi connectivity index (χ4n) is 1.99. The highest BCUT2D eigenvalue weighted by atomic mass is 32.1. The van der Waals surface area contributed by atoms with Gasteiger partial charge in [0.15, 0.2) is 0 Å². The predicted molar refractivity (Wildman–Crippen MR) is 86.1 cm³/mol. The van der Waals surface area contributed by atoms with E-state index >= 15 is 0 Å². The molecule has 102 valence electrons. The summed E-state index contributed by atoms with van der Waals surface area (Å²) in [6, 6.07) is 11.6. The van der Waals surface area contributed by atoms with Crippen molar-refractivity contribution in [1.82, 2.24) is 0 Å². The SMILES string of the molecule is Cc1ccc(NCc2cc(-c3cccs3)cs2)c(F)c1. The number of hydrogen-bond donors (Lipinski definition) is 1. The van der Waals surface area contributed by atoms with E-state index in [1.54, 1.807) is 34.8 Å². The van der Waals surface area contributed by atoms with Gasteiger partial charge in [0, 0.05) is 21.9 Å². The van der Waals surface area contributed by atoms with Crippen LogP contribution in [-0.2, 0) is 6.54 Å². The molecule has 0 fully saturated rings. The summed E-state index contributed by atoms with van der Waals surface area (Å²) in [7, 11) is 0.